The van der Waals surface area contributed by atoms with Crippen molar-refractivity contribution >= 4 is 15.9 Å². The Morgan fingerprint density at radius 2 is 1.68 bits per heavy atom. The van der Waals surface area contributed by atoms with Crippen LogP contribution in [0.3, 0.4) is 0 Å². The van der Waals surface area contributed by atoms with Gasteiger partial charge in [-0.15, -0.1) is 0 Å². The van der Waals surface area contributed by atoms with E-state index in [0.717, 1.165) is 0 Å². The Balaban J connectivity index is 2.27. The molecule has 2 aromatic carbocycles. The number of primary sulfonamides is 1. The van der Waals surface area contributed by atoms with Gasteiger partial charge in [0.1, 0.15) is 5.75 Å². The van der Waals surface area contributed by atoms with Crippen molar-refractivity contribution in [1.29, 1.82) is 0 Å². The third-order valence-corrected chi connectivity index (χ3v) is 3.77. The summed E-state index contributed by atoms with van der Waals surface area (Å²) in [5.41, 5.74) is 0.603. The van der Waals surface area contributed by atoms with Crippen molar-refractivity contribution in [1.82, 2.24) is 5.32 Å². The van der Waals surface area contributed by atoms with Crippen LogP contribution in [0.1, 0.15) is 18.7 Å². The lowest BCUT2D eigenvalue weighted by atomic mass is 10.2. The summed E-state index contributed by atoms with van der Waals surface area (Å²) < 4.78 is 28.2. The largest absolute Gasteiger partial charge is 0.466 e. The summed E-state index contributed by atoms with van der Waals surface area (Å²) in [6, 6.07) is 14.8. The number of nitrogens with two attached hydrogens (primary N) is 1. The Morgan fingerprint density at radius 3 is 2.18 bits per heavy atom. The molecule has 0 spiro atoms. The van der Waals surface area contributed by atoms with Gasteiger partial charge in [-0.1, -0.05) is 30.3 Å². The number of carbonyl (C=O) groups is 1. The first-order valence-corrected chi connectivity index (χ1v) is 8.02. The molecular formula is C15H16N2O4S. The van der Waals surface area contributed by atoms with Crippen molar-refractivity contribution in [2.75, 3.05) is 0 Å². The second-order valence-electron chi connectivity index (χ2n) is 4.63. The van der Waals surface area contributed by atoms with Gasteiger partial charge in [-0.25, -0.2) is 13.6 Å². The molecule has 1 unspecified atom stereocenters. The summed E-state index contributed by atoms with van der Waals surface area (Å²) in [7, 11) is -3.76. The standard InChI is InChI=1S/C15H16N2O4S/c1-11(18)17-15(21-13-5-3-2-4-6-13)12-7-9-14(10-8-12)22(16,19)20/h2-10,15H,1H3,(H,17,18)(H2,16,19,20). The summed E-state index contributed by atoms with van der Waals surface area (Å²) in [5, 5.41) is 7.72. The van der Waals surface area contributed by atoms with Crippen LogP contribution < -0.4 is 15.2 Å². The lowest BCUT2D eigenvalue weighted by molar-refractivity contribution is -0.121. The highest BCUT2D eigenvalue weighted by Gasteiger charge is 2.16. The summed E-state index contributed by atoms with van der Waals surface area (Å²) in [5.74, 6) is 0.313. The lowest BCUT2D eigenvalue weighted by Gasteiger charge is -2.20. The van der Waals surface area contributed by atoms with E-state index in [2.05, 4.69) is 5.32 Å². The van der Waals surface area contributed by atoms with Gasteiger partial charge in [0.2, 0.25) is 15.9 Å². The minimum absolute atomic E-state index is 0.00228. The van der Waals surface area contributed by atoms with Gasteiger partial charge in [0.15, 0.2) is 6.23 Å². The number of sulfonamides is 1. The number of hydrogen-bond acceptors (Lipinski definition) is 4. The maximum Gasteiger partial charge on any atom is 0.238 e. The maximum absolute atomic E-state index is 11.3. The molecule has 0 aliphatic carbocycles. The van der Waals surface area contributed by atoms with Gasteiger partial charge >= 0.3 is 0 Å². The molecule has 0 aromatic heterocycles. The fourth-order valence-corrected chi connectivity index (χ4v) is 2.35. The van der Waals surface area contributed by atoms with Crippen molar-refractivity contribution in [2.24, 2.45) is 5.14 Å². The number of para-hydroxylation sites is 1. The van der Waals surface area contributed by atoms with Crippen LogP contribution in [0.4, 0.5) is 0 Å². The topological polar surface area (TPSA) is 98.5 Å². The van der Waals surface area contributed by atoms with Crippen molar-refractivity contribution in [2.45, 2.75) is 18.0 Å². The number of rotatable bonds is 5. The molecule has 0 radical (unpaired) electrons. The molecule has 2 aromatic rings. The fourth-order valence-electron chi connectivity index (χ4n) is 1.83. The Hall–Kier alpha value is -2.38. The molecule has 1 amide bonds. The van der Waals surface area contributed by atoms with Crippen molar-refractivity contribution in [3.63, 3.8) is 0 Å². The van der Waals surface area contributed by atoms with Crippen LogP contribution in [0, 0.1) is 0 Å². The summed E-state index contributed by atoms with van der Waals surface area (Å²) in [4.78, 5) is 11.3. The number of amides is 1. The molecule has 3 N–H and O–H groups in total. The second-order valence-corrected chi connectivity index (χ2v) is 6.19. The van der Waals surface area contributed by atoms with Gasteiger partial charge in [-0.2, -0.15) is 0 Å². The van der Waals surface area contributed by atoms with Gasteiger partial charge in [0, 0.05) is 12.5 Å². The zero-order chi connectivity index (χ0) is 16.2. The first-order chi connectivity index (χ1) is 10.4. The SMILES string of the molecule is CC(=O)NC(Oc1ccccc1)c1ccc(S(N)(=O)=O)cc1. The maximum atomic E-state index is 11.3. The average Bonchev–Trinajstić information content (AvgIpc) is 2.46. The first-order valence-electron chi connectivity index (χ1n) is 6.48. The van der Waals surface area contributed by atoms with Gasteiger partial charge < -0.3 is 10.1 Å². The quantitative estimate of drug-likeness (QED) is 0.817. The van der Waals surface area contributed by atoms with Crippen LogP contribution in [0.2, 0.25) is 0 Å². The summed E-state index contributed by atoms with van der Waals surface area (Å²) in [6.07, 6.45) is -0.727. The highest BCUT2D eigenvalue weighted by atomic mass is 32.2. The lowest BCUT2D eigenvalue weighted by Crippen LogP contribution is -2.30. The van der Waals surface area contributed by atoms with Crippen molar-refractivity contribution in [3.8, 4) is 5.75 Å². The molecule has 0 bridgehead atoms. The molecule has 2 rings (SSSR count). The van der Waals surface area contributed by atoms with Crippen LogP contribution >= 0.6 is 0 Å². The zero-order valence-electron chi connectivity index (χ0n) is 11.9. The third kappa shape index (κ3) is 4.31. The minimum atomic E-state index is -3.76. The van der Waals surface area contributed by atoms with Crippen LogP contribution in [-0.4, -0.2) is 14.3 Å². The molecule has 0 fully saturated rings. The first kappa shape index (κ1) is 16.0. The summed E-state index contributed by atoms with van der Waals surface area (Å²) in [6.45, 7) is 1.38. The van der Waals surface area contributed by atoms with Crippen molar-refractivity contribution < 1.29 is 17.9 Å². The van der Waals surface area contributed by atoms with Gasteiger partial charge in [-0.3, -0.25) is 4.79 Å². The molecule has 0 heterocycles. The van der Waals surface area contributed by atoms with Crippen molar-refractivity contribution in [3.05, 3.63) is 60.2 Å². The predicted molar refractivity (Wildman–Crippen MR) is 81.4 cm³/mol. The van der Waals surface area contributed by atoms with E-state index in [0.29, 0.717) is 11.3 Å². The van der Waals surface area contributed by atoms with E-state index in [1.165, 1.54) is 19.1 Å². The number of hydrogen-bond donors (Lipinski definition) is 2. The number of benzene rings is 2. The second kappa shape index (κ2) is 6.59. The average molecular weight is 320 g/mol. The van der Waals surface area contributed by atoms with E-state index in [1.54, 1.807) is 24.3 Å². The molecule has 116 valence electrons. The van der Waals surface area contributed by atoms with Gasteiger partial charge in [-0.05, 0) is 24.3 Å². The number of ether oxygens (including phenoxy) is 1. The van der Waals surface area contributed by atoms with E-state index >= 15 is 0 Å². The van der Waals surface area contributed by atoms with Crippen LogP contribution in [0.5, 0.6) is 5.75 Å². The number of nitrogens with one attached hydrogen (secondary N) is 1. The smallest absolute Gasteiger partial charge is 0.238 e. The molecule has 7 heteroatoms. The van der Waals surface area contributed by atoms with E-state index in [1.807, 2.05) is 18.2 Å². The zero-order valence-corrected chi connectivity index (χ0v) is 12.7. The molecule has 1 atom stereocenters. The van der Waals surface area contributed by atoms with Crippen LogP contribution in [0.25, 0.3) is 0 Å². The molecule has 6 nitrogen and oxygen atoms in total. The highest BCUT2D eigenvalue weighted by Crippen LogP contribution is 2.21. The molecular weight excluding hydrogens is 304 g/mol. The minimum Gasteiger partial charge on any atom is -0.466 e. The van der Waals surface area contributed by atoms with Gasteiger partial charge in [0.25, 0.3) is 0 Å². The highest BCUT2D eigenvalue weighted by molar-refractivity contribution is 7.89. The van der Waals surface area contributed by atoms with E-state index in [4.69, 9.17) is 9.88 Å². The van der Waals surface area contributed by atoms with Crippen LogP contribution in [0.15, 0.2) is 59.5 Å². The molecule has 0 saturated heterocycles. The predicted octanol–water partition coefficient (Wildman–Crippen LogP) is 1.55. The summed E-state index contributed by atoms with van der Waals surface area (Å²) >= 11 is 0. The Morgan fingerprint density at radius 1 is 1.09 bits per heavy atom. The van der Waals surface area contributed by atoms with Gasteiger partial charge in [0.05, 0.1) is 4.90 Å². The number of carbonyl (C=O) groups excluding carboxylic acids is 1. The Kier molecular flexibility index (Phi) is 4.79. The van der Waals surface area contributed by atoms with E-state index < -0.39 is 16.3 Å². The van der Waals surface area contributed by atoms with E-state index in [-0.39, 0.29) is 10.8 Å². The molecule has 0 aliphatic heterocycles. The Bertz CT molecular complexity index is 743. The van der Waals surface area contributed by atoms with E-state index in [9.17, 15) is 13.2 Å². The molecule has 0 saturated carbocycles. The molecule has 0 aliphatic rings. The fraction of sp³-hybridized carbons (Fsp3) is 0.133. The Labute approximate surface area is 129 Å². The molecule has 22 heavy (non-hydrogen) atoms. The van der Waals surface area contributed by atoms with Crippen LogP contribution in [-0.2, 0) is 14.8 Å². The third-order valence-electron chi connectivity index (χ3n) is 2.84. The normalized spacial score (nSPS) is 12.5. The monoisotopic (exact) mass is 320 g/mol.